The SMILES string of the molecule is CSc1ncc(C(CN)C(=O)O)s1. The molecule has 0 fully saturated rings. The summed E-state index contributed by atoms with van der Waals surface area (Å²) in [6.07, 6.45) is 3.49. The first kappa shape index (κ1) is 10.5. The maximum Gasteiger partial charge on any atom is 0.313 e. The minimum atomic E-state index is -0.890. The van der Waals surface area contributed by atoms with Gasteiger partial charge in [-0.1, -0.05) is 11.8 Å². The van der Waals surface area contributed by atoms with Crippen LogP contribution in [0.3, 0.4) is 0 Å². The van der Waals surface area contributed by atoms with Crippen molar-refractivity contribution in [1.29, 1.82) is 0 Å². The van der Waals surface area contributed by atoms with Crippen molar-refractivity contribution in [2.24, 2.45) is 5.73 Å². The Balaban J connectivity index is 2.85. The van der Waals surface area contributed by atoms with Crippen LogP contribution in [0, 0.1) is 0 Å². The number of carboxylic acids is 1. The fourth-order valence-corrected chi connectivity index (χ4v) is 2.40. The van der Waals surface area contributed by atoms with E-state index in [1.165, 1.54) is 23.1 Å². The Labute approximate surface area is 84.2 Å². The molecule has 0 spiro atoms. The summed E-state index contributed by atoms with van der Waals surface area (Å²) in [6.45, 7) is 0.116. The lowest BCUT2D eigenvalue weighted by Gasteiger charge is -2.04. The van der Waals surface area contributed by atoms with Crippen LogP contribution >= 0.6 is 23.1 Å². The molecule has 1 unspecified atom stereocenters. The standard InChI is InChI=1S/C7H10N2O2S2/c1-12-7-9-3-5(13-7)4(2-8)6(10)11/h3-4H,2,8H2,1H3,(H,10,11). The van der Waals surface area contributed by atoms with Gasteiger partial charge in [-0.15, -0.1) is 11.3 Å². The third-order valence-electron chi connectivity index (χ3n) is 1.55. The molecule has 0 amide bonds. The summed E-state index contributed by atoms with van der Waals surface area (Å²) in [5.74, 6) is -1.50. The van der Waals surface area contributed by atoms with E-state index in [1.54, 1.807) is 6.20 Å². The monoisotopic (exact) mass is 218 g/mol. The maximum atomic E-state index is 10.7. The van der Waals surface area contributed by atoms with Gasteiger partial charge >= 0.3 is 5.97 Å². The molecule has 0 aromatic carbocycles. The number of carboxylic acid groups (broad SMARTS) is 1. The van der Waals surface area contributed by atoms with Crippen molar-refractivity contribution in [2.75, 3.05) is 12.8 Å². The van der Waals surface area contributed by atoms with Crippen molar-refractivity contribution in [3.05, 3.63) is 11.1 Å². The Morgan fingerprint density at radius 1 is 1.92 bits per heavy atom. The van der Waals surface area contributed by atoms with Gasteiger partial charge in [-0.25, -0.2) is 4.98 Å². The lowest BCUT2D eigenvalue weighted by molar-refractivity contribution is -0.138. The highest BCUT2D eigenvalue weighted by molar-refractivity contribution is 8.00. The Bertz CT molecular complexity index is 300. The van der Waals surface area contributed by atoms with E-state index in [0.29, 0.717) is 0 Å². The summed E-state index contributed by atoms with van der Waals surface area (Å²) in [4.78, 5) is 15.5. The van der Waals surface area contributed by atoms with Gasteiger partial charge in [-0.2, -0.15) is 0 Å². The minimum Gasteiger partial charge on any atom is -0.481 e. The van der Waals surface area contributed by atoms with Gasteiger partial charge in [-0.05, 0) is 6.26 Å². The summed E-state index contributed by atoms with van der Waals surface area (Å²) in [5.41, 5.74) is 5.35. The fourth-order valence-electron chi connectivity index (χ4n) is 0.864. The van der Waals surface area contributed by atoms with Crippen molar-refractivity contribution in [3.63, 3.8) is 0 Å². The van der Waals surface area contributed by atoms with E-state index in [9.17, 15) is 4.79 Å². The van der Waals surface area contributed by atoms with E-state index in [2.05, 4.69) is 4.98 Å². The molecule has 0 aliphatic carbocycles. The molecule has 0 radical (unpaired) electrons. The van der Waals surface area contributed by atoms with Crippen molar-refractivity contribution >= 4 is 29.1 Å². The summed E-state index contributed by atoms with van der Waals surface area (Å²) in [5, 5.41) is 8.80. The second kappa shape index (κ2) is 4.59. The summed E-state index contributed by atoms with van der Waals surface area (Å²) >= 11 is 2.89. The van der Waals surface area contributed by atoms with Crippen molar-refractivity contribution < 1.29 is 9.90 Å². The quantitative estimate of drug-likeness (QED) is 0.737. The molecule has 1 aromatic rings. The number of nitrogens with zero attached hydrogens (tertiary/aromatic N) is 1. The van der Waals surface area contributed by atoms with Crippen LogP contribution in [0.25, 0.3) is 0 Å². The summed E-state index contributed by atoms with van der Waals surface area (Å²) in [7, 11) is 0. The van der Waals surface area contributed by atoms with Crippen LogP contribution in [0.1, 0.15) is 10.8 Å². The van der Waals surface area contributed by atoms with Crippen LogP contribution in [0.2, 0.25) is 0 Å². The molecule has 6 heteroatoms. The number of hydrogen-bond acceptors (Lipinski definition) is 5. The highest BCUT2D eigenvalue weighted by Gasteiger charge is 2.20. The van der Waals surface area contributed by atoms with E-state index in [0.717, 1.165) is 9.22 Å². The third kappa shape index (κ3) is 2.43. The molecule has 1 aromatic heterocycles. The number of thiazole rings is 1. The lowest BCUT2D eigenvalue weighted by Crippen LogP contribution is -2.19. The first-order chi connectivity index (χ1) is 6.19. The van der Waals surface area contributed by atoms with Crippen LogP contribution in [0.5, 0.6) is 0 Å². The van der Waals surface area contributed by atoms with Crippen LogP contribution in [0.15, 0.2) is 10.5 Å². The zero-order valence-electron chi connectivity index (χ0n) is 7.06. The second-order valence-corrected chi connectivity index (χ2v) is 4.47. The average Bonchev–Trinajstić information content (AvgIpc) is 2.53. The Kier molecular flexibility index (Phi) is 3.71. The van der Waals surface area contributed by atoms with Gasteiger partial charge < -0.3 is 10.8 Å². The normalized spacial score (nSPS) is 12.8. The Hall–Kier alpha value is -0.590. The maximum absolute atomic E-state index is 10.7. The zero-order chi connectivity index (χ0) is 9.84. The largest absolute Gasteiger partial charge is 0.481 e. The number of aromatic nitrogens is 1. The molecule has 0 aliphatic heterocycles. The van der Waals surface area contributed by atoms with Crippen molar-refractivity contribution in [1.82, 2.24) is 4.98 Å². The van der Waals surface area contributed by atoms with Gasteiger partial charge in [0, 0.05) is 17.6 Å². The molecule has 0 aliphatic rings. The van der Waals surface area contributed by atoms with Crippen LogP contribution < -0.4 is 5.73 Å². The molecule has 0 saturated carbocycles. The van der Waals surface area contributed by atoms with E-state index >= 15 is 0 Å². The number of nitrogens with two attached hydrogens (primary N) is 1. The first-order valence-corrected chi connectivity index (χ1v) is 5.65. The van der Waals surface area contributed by atoms with Gasteiger partial charge in [0.05, 0.1) is 0 Å². The van der Waals surface area contributed by atoms with Gasteiger partial charge in [0.15, 0.2) is 0 Å². The predicted octanol–water partition coefficient (Wildman–Crippen LogP) is 0.992. The number of hydrogen-bond donors (Lipinski definition) is 2. The highest BCUT2D eigenvalue weighted by atomic mass is 32.2. The minimum absolute atomic E-state index is 0.116. The summed E-state index contributed by atoms with van der Waals surface area (Å²) in [6, 6.07) is 0. The van der Waals surface area contributed by atoms with E-state index in [-0.39, 0.29) is 6.54 Å². The van der Waals surface area contributed by atoms with Crippen LogP contribution in [0.4, 0.5) is 0 Å². The average molecular weight is 218 g/mol. The van der Waals surface area contributed by atoms with Crippen LogP contribution in [-0.2, 0) is 4.79 Å². The molecule has 13 heavy (non-hydrogen) atoms. The van der Waals surface area contributed by atoms with Gasteiger partial charge in [0.1, 0.15) is 10.3 Å². The van der Waals surface area contributed by atoms with Crippen molar-refractivity contribution in [2.45, 2.75) is 10.3 Å². The molecule has 1 heterocycles. The molecular formula is C7H10N2O2S2. The molecule has 0 saturated heterocycles. The fraction of sp³-hybridized carbons (Fsp3) is 0.429. The second-order valence-electron chi connectivity index (χ2n) is 2.36. The molecule has 72 valence electrons. The number of rotatable bonds is 4. The lowest BCUT2D eigenvalue weighted by atomic mass is 10.1. The number of carbonyl (C=O) groups is 1. The van der Waals surface area contributed by atoms with Crippen molar-refractivity contribution in [3.8, 4) is 0 Å². The molecule has 1 rings (SSSR count). The van der Waals surface area contributed by atoms with Gasteiger partial charge in [0.25, 0.3) is 0 Å². The van der Waals surface area contributed by atoms with E-state index < -0.39 is 11.9 Å². The molecule has 3 N–H and O–H groups in total. The first-order valence-electron chi connectivity index (χ1n) is 3.61. The highest BCUT2D eigenvalue weighted by Crippen LogP contribution is 2.27. The van der Waals surface area contributed by atoms with E-state index in [1.807, 2.05) is 6.26 Å². The molecule has 0 bridgehead atoms. The van der Waals surface area contributed by atoms with Gasteiger partial charge in [-0.3, -0.25) is 4.79 Å². The molecule has 1 atom stereocenters. The molecule has 4 nitrogen and oxygen atoms in total. The number of aliphatic carboxylic acids is 1. The summed E-state index contributed by atoms with van der Waals surface area (Å²) < 4.78 is 0.870. The predicted molar refractivity (Wildman–Crippen MR) is 53.3 cm³/mol. The third-order valence-corrected chi connectivity index (χ3v) is 3.66. The topological polar surface area (TPSA) is 76.2 Å². The molecular weight excluding hydrogens is 208 g/mol. The Morgan fingerprint density at radius 3 is 3.00 bits per heavy atom. The Morgan fingerprint density at radius 2 is 2.62 bits per heavy atom. The smallest absolute Gasteiger partial charge is 0.313 e. The van der Waals surface area contributed by atoms with Crippen LogP contribution in [-0.4, -0.2) is 28.9 Å². The van der Waals surface area contributed by atoms with E-state index in [4.69, 9.17) is 10.8 Å². The van der Waals surface area contributed by atoms with Gasteiger partial charge in [0.2, 0.25) is 0 Å². The zero-order valence-corrected chi connectivity index (χ0v) is 8.69. The number of thioether (sulfide) groups is 1.